The van der Waals surface area contributed by atoms with Gasteiger partial charge in [-0.05, 0) is 35.2 Å². The Morgan fingerprint density at radius 2 is 1.79 bits per heavy atom. The van der Waals surface area contributed by atoms with E-state index < -0.39 is 10.1 Å². The number of para-hydroxylation sites is 1. The molecule has 0 aliphatic carbocycles. The average Bonchev–Trinajstić information content (AvgIpc) is 3.07. The van der Waals surface area contributed by atoms with Crippen LogP contribution in [0.5, 0.6) is 5.75 Å². The van der Waals surface area contributed by atoms with Gasteiger partial charge in [0.15, 0.2) is 10.9 Å². The first-order valence-electron chi connectivity index (χ1n) is 8.83. The normalized spacial score (nSPS) is 16.4. The Labute approximate surface area is 174 Å². The summed E-state index contributed by atoms with van der Waals surface area (Å²) in [5.41, 5.74) is 1.39. The van der Waals surface area contributed by atoms with Crippen molar-refractivity contribution in [3.05, 3.63) is 59.7 Å². The Morgan fingerprint density at radius 3 is 2.41 bits per heavy atom. The van der Waals surface area contributed by atoms with E-state index >= 15 is 0 Å². The van der Waals surface area contributed by atoms with E-state index in [2.05, 4.69) is 36.3 Å². The molecule has 7 nitrogen and oxygen atoms in total. The number of carbonyl (C=O) groups excluding carboxylic acids is 1. The minimum atomic E-state index is -4.00. The molecule has 1 aliphatic rings. The van der Waals surface area contributed by atoms with Gasteiger partial charge in [0.2, 0.25) is 5.91 Å². The molecule has 3 rings (SSSR count). The zero-order chi connectivity index (χ0) is 21.1. The number of benzene rings is 2. The number of hydrogen-bond acceptors (Lipinski definition) is 7. The molecule has 1 aliphatic heterocycles. The highest BCUT2D eigenvalue weighted by molar-refractivity contribution is 8.15. The molecule has 0 radical (unpaired) electrons. The van der Waals surface area contributed by atoms with Gasteiger partial charge >= 0.3 is 10.1 Å². The lowest BCUT2D eigenvalue weighted by atomic mass is 9.87. The Morgan fingerprint density at radius 1 is 1.10 bits per heavy atom. The van der Waals surface area contributed by atoms with Gasteiger partial charge in [0.05, 0.1) is 12.0 Å². The maximum atomic E-state index is 12.7. The van der Waals surface area contributed by atoms with Crippen LogP contribution in [0.4, 0.5) is 0 Å². The van der Waals surface area contributed by atoms with Crippen molar-refractivity contribution in [2.75, 3.05) is 5.75 Å². The molecule has 2 aromatic rings. The molecule has 1 saturated heterocycles. The van der Waals surface area contributed by atoms with Crippen LogP contribution in [0.2, 0.25) is 0 Å². The van der Waals surface area contributed by atoms with Gasteiger partial charge in [-0.25, -0.2) is 0 Å². The van der Waals surface area contributed by atoms with Crippen molar-refractivity contribution in [1.29, 1.82) is 0 Å². The van der Waals surface area contributed by atoms with E-state index in [-0.39, 0.29) is 22.0 Å². The molecular weight excluding hydrogens is 410 g/mol. The van der Waals surface area contributed by atoms with E-state index in [0.717, 1.165) is 5.56 Å². The summed E-state index contributed by atoms with van der Waals surface area (Å²) in [4.78, 5) is 11.2. The molecule has 1 fully saturated rings. The molecule has 0 unspecified atom stereocenters. The van der Waals surface area contributed by atoms with Crippen molar-refractivity contribution >= 4 is 39.2 Å². The Hall–Kier alpha value is -2.65. The van der Waals surface area contributed by atoms with Crippen LogP contribution in [-0.4, -0.2) is 31.5 Å². The van der Waals surface area contributed by atoms with Gasteiger partial charge in [-0.1, -0.05) is 56.8 Å². The van der Waals surface area contributed by atoms with E-state index in [1.807, 2.05) is 0 Å². The number of rotatable bonds is 5. The van der Waals surface area contributed by atoms with Crippen LogP contribution in [0.3, 0.4) is 0 Å². The fraction of sp³-hybridized carbons (Fsp3) is 0.250. The largest absolute Gasteiger partial charge is 0.378 e. The van der Waals surface area contributed by atoms with Gasteiger partial charge < -0.3 is 9.50 Å². The molecule has 0 aromatic heterocycles. The summed E-state index contributed by atoms with van der Waals surface area (Å²) in [6, 6.07) is 13.3. The molecule has 29 heavy (non-hydrogen) atoms. The molecule has 1 heterocycles. The van der Waals surface area contributed by atoms with Crippen LogP contribution < -0.4 is 9.50 Å². The number of hydrogen-bond donors (Lipinski definition) is 1. The first-order valence-corrected chi connectivity index (χ1v) is 11.2. The second-order valence-corrected chi connectivity index (χ2v) is 9.85. The number of amidine groups is 1. The molecule has 1 N–H and O–H groups in total. The van der Waals surface area contributed by atoms with E-state index in [0.29, 0.717) is 16.5 Å². The Balaban J connectivity index is 1.80. The number of thioether (sulfide) groups is 1. The quantitative estimate of drug-likeness (QED) is 0.445. The summed E-state index contributed by atoms with van der Waals surface area (Å²) in [7, 11) is -4.00. The van der Waals surface area contributed by atoms with Gasteiger partial charge in [0.1, 0.15) is 4.90 Å². The molecule has 0 atom stereocenters. The summed E-state index contributed by atoms with van der Waals surface area (Å²) < 4.78 is 30.7. The summed E-state index contributed by atoms with van der Waals surface area (Å²) in [5, 5.41) is 10.8. The van der Waals surface area contributed by atoms with Gasteiger partial charge in [0.25, 0.3) is 0 Å². The standard InChI is InChI=1S/C20H21N3O4S2/c1-20(2,3)15-8-10-16(11-9-15)29(25,26)27-17-7-5-4-6-14(17)12-21-23-19-22-18(24)13-28-19/h4-12H,13H2,1-3H3,(H,22,23,24). The highest BCUT2D eigenvalue weighted by Gasteiger charge is 2.20. The van der Waals surface area contributed by atoms with E-state index in [9.17, 15) is 13.2 Å². The molecule has 0 saturated carbocycles. The van der Waals surface area contributed by atoms with Crippen LogP contribution in [0, 0.1) is 0 Å². The molecule has 9 heteroatoms. The van der Waals surface area contributed by atoms with Crippen LogP contribution in [0.25, 0.3) is 0 Å². The second-order valence-electron chi connectivity index (χ2n) is 7.34. The summed E-state index contributed by atoms with van der Waals surface area (Å²) in [6.07, 6.45) is 1.38. The predicted octanol–water partition coefficient (Wildman–Crippen LogP) is 3.30. The predicted molar refractivity (Wildman–Crippen MR) is 115 cm³/mol. The second kappa shape index (κ2) is 8.38. The summed E-state index contributed by atoms with van der Waals surface area (Å²) in [5.74, 6) is 0.316. The first kappa shape index (κ1) is 21.1. The Kier molecular flexibility index (Phi) is 6.09. The molecule has 152 valence electrons. The van der Waals surface area contributed by atoms with Crippen molar-refractivity contribution in [2.24, 2.45) is 10.2 Å². The number of nitrogens with one attached hydrogen (secondary N) is 1. The molecular formula is C20H21N3O4S2. The lowest BCUT2D eigenvalue weighted by Gasteiger charge is -2.19. The van der Waals surface area contributed by atoms with Crippen LogP contribution >= 0.6 is 11.8 Å². The van der Waals surface area contributed by atoms with E-state index in [1.54, 1.807) is 48.5 Å². The van der Waals surface area contributed by atoms with Crippen LogP contribution in [0.1, 0.15) is 31.9 Å². The maximum absolute atomic E-state index is 12.7. The average molecular weight is 432 g/mol. The van der Waals surface area contributed by atoms with Crippen molar-refractivity contribution in [2.45, 2.75) is 31.1 Å². The monoisotopic (exact) mass is 431 g/mol. The minimum absolute atomic E-state index is 0.0718. The maximum Gasteiger partial charge on any atom is 0.339 e. The third-order valence-electron chi connectivity index (χ3n) is 4.06. The fourth-order valence-electron chi connectivity index (χ4n) is 2.47. The highest BCUT2D eigenvalue weighted by atomic mass is 32.2. The van der Waals surface area contributed by atoms with Gasteiger partial charge in [-0.3, -0.25) is 4.79 Å². The fourth-order valence-corrected chi connectivity index (χ4v) is 4.06. The summed E-state index contributed by atoms with van der Waals surface area (Å²) >= 11 is 1.25. The van der Waals surface area contributed by atoms with Gasteiger partial charge in [-0.15, -0.1) is 5.10 Å². The zero-order valence-electron chi connectivity index (χ0n) is 16.2. The molecule has 0 spiro atoms. The first-order chi connectivity index (χ1) is 13.6. The summed E-state index contributed by atoms with van der Waals surface area (Å²) in [6.45, 7) is 6.17. The van der Waals surface area contributed by atoms with Gasteiger partial charge in [-0.2, -0.15) is 13.5 Å². The van der Waals surface area contributed by atoms with Crippen LogP contribution in [-0.2, 0) is 20.3 Å². The lowest BCUT2D eigenvalue weighted by Crippen LogP contribution is -2.19. The van der Waals surface area contributed by atoms with E-state index in [1.165, 1.54) is 18.0 Å². The van der Waals surface area contributed by atoms with Crippen molar-refractivity contribution < 1.29 is 17.4 Å². The third kappa shape index (κ3) is 5.45. The van der Waals surface area contributed by atoms with Crippen molar-refractivity contribution in [1.82, 2.24) is 5.32 Å². The SMILES string of the molecule is CC(C)(C)c1ccc(S(=O)(=O)Oc2ccccc2C=N/N=C2\NC(=O)CS2)cc1. The van der Waals surface area contributed by atoms with E-state index in [4.69, 9.17) is 4.18 Å². The number of carbonyl (C=O) groups is 1. The topological polar surface area (TPSA) is 97.2 Å². The van der Waals surface area contributed by atoms with Crippen LogP contribution in [0.15, 0.2) is 63.6 Å². The Bertz CT molecular complexity index is 1070. The molecule has 2 aromatic carbocycles. The number of nitrogens with zero attached hydrogens (tertiary/aromatic N) is 2. The zero-order valence-corrected chi connectivity index (χ0v) is 17.9. The third-order valence-corrected chi connectivity index (χ3v) is 6.17. The highest BCUT2D eigenvalue weighted by Crippen LogP contribution is 2.26. The van der Waals surface area contributed by atoms with Crippen molar-refractivity contribution in [3.8, 4) is 5.75 Å². The molecule has 0 bridgehead atoms. The smallest absolute Gasteiger partial charge is 0.339 e. The lowest BCUT2D eigenvalue weighted by molar-refractivity contribution is -0.116. The van der Waals surface area contributed by atoms with Crippen molar-refractivity contribution in [3.63, 3.8) is 0 Å². The number of amides is 1. The molecule has 1 amide bonds. The minimum Gasteiger partial charge on any atom is -0.378 e. The van der Waals surface area contributed by atoms with Gasteiger partial charge in [0, 0.05) is 5.56 Å².